The number of hydrogen-bond acceptors (Lipinski definition) is 3. The Bertz CT molecular complexity index is 240. The van der Waals surface area contributed by atoms with Gasteiger partial charge in [0.25, 0.3) is 0 Å². The molecular weight excluding hydrogens is 215 g/mol. The number of esters is 1. The van der Waals surface area contributed by atoms with Gasteiger partial charge in [-0.3, -0.25) is 9.59 Å². The van der Waals surface area contributed by atoms with E-state index in [9.17, 15) is 22.8 Å². The van der Waals surface area contributed by atoms with Crippen LogP contribution >= 0.6 is 0 Å². The summed E-state index contributed by atoms with van der Waals surface area (Å²) < 4.78 is 39.8. The van der Waals surface area contributed by atoms with E-state index in [1.807, 2.05) is 0 Å². The summed E-state index contributed by atoms with van der Waals surface area (Å²) in [4.78, 5) is 21.3. The Morgan fingerprint density at radius 3 is 2.27 bits per heavy atom. The molecule has 0 saturated heterocycles. The van der Waals surface area contributed by atoms with Gasteiger partial charge in [0.05, 0.1) is 13.5 Å². The van der Waals surface area contributed by atoms with E-state index in [1.165, 1.54) is 0 Å². The van der Waals surface area contributed by atoms with Crippen LogP contribution in [0.15, 0.2) is 0 Å². The molecule has 1 unspecified atom stereocenters. The van der Waals surface area contributed by atoms with Crippen molar-refractivity contribution in [2.24, 2.45) is 0 Å². The fraction of sp³-hybridized carbons (Fsp3) is 0.750. The number of carbonyl (C=O) groups is 2. The maximum atomic E-state index is 11.8. The Morgan fingerprint density at radius 1 is 1.40 bits per heavy atom. The minimum Gasteiger partial charge on any atom is -0.469 e. The standard InChI is InChI=1S/C8H12F3NO3/c1-3-5(4-6(13)15-2)12-7(14)8(9,10)11/h5H,3-4H2,1-2H3,(H,12,14). The molecule has 88 valence electrons. The third kappa shape index (κ3) is 5.24. The third-order valence-electron chi connectivity index (χ3n) is 1.73. The number of hydrogen-bond donors (Lipinski definition) is 1. The van der Waals surface area contributed by atoms with Gasteiger partial charge in [-0.1, -0.05) is 6.92 Å². The van der Waals surface area contributed by atoms with Crippen LogP contribution in [0.4, 0.5) is 13.2 Å². The zero-order chi connectivity index (χ0) is 12.1. The fourth-order valence-electron chi connectivity index (χ4n) is 0.849. The molecule has 0 saturated carbocycles. The van der Waals surface area contributed by atoms with Crippen LogP contribution in [0, 0.1) is 0 Å². The van der Waals surface area contributed by atoms with Crippen molar-refractivity contribution in [3.63, 3.8) is 0 Å². The smallest absolute Gasteiger partial charge is 0.469 e. The number of rotatable bonds is 4. The highest BCUT2D eigenvalue weighted by Gasteiger charge is 2.39. The van der Waals surface area contributed by atoms with Gasteiger partial charge in [0.2, 0.25) is 0 Å². The van der Waals surface area contributed by atoms with Gasteiger partial charge in [-0.05, 0) is 6.42 Å². The first-order valence-electron chi connectivity index (χ1n) is 4.25. The highest BCUT2D eigenvalue weighted by atomic mass is 19.4. The molecule has 0 aliphatic rings. The lowest BCUT2D eigenvalue weighted by Gasteiger charge is -2.16. The lowest BCUT2D eigenvalue weighted by molar-refractivity contribution is -0.174. The van der Waals surface area contributed by atoms with Gasteiger partial charge in [0, 0.05) is 6.04 Å². The van der Waals surface area contributed by atoms with E-state index in [0.717, 1.165) is 7.11 Å². The molecule has 0 bridgehead atoms. The summed E-state index contributed by atoms with van der Waals surface area (Å²) in [6.45, 7) is 1.56. The summed E-state index contributed by atoms with van der Waals surface area (Å²) in [5.74, 6) is -2.71. The number of ether oxygens (including phenoxy) is 1. The second kappa shape index (κ2) is 5.57. The van der Waals surface area contributed by atoms with E-state index in [-0.39, 0.29) is 12.8 Å². The van der Waals surface area contributed by atoms with Gasteiger partial charge in [-0.2, -0.15) is 13.2 Å². The average molecular weight is 227 g/mol. The van der Waals surface area contributed by atoms with Crippen LogP contribution in [-0.2, 0) is 14.3 Å². The SMILES string of the molecule is CCC(CC(=O)OC)NC(=O)C(F)(F)F. The minimum atomic E-state index is -4.93. The van der Waals surface area contributed by atoms with Crippen LogP contribution in [0.5, 0.6) is 0 Å². The van der Waals surface area contributed by atoms with Crippen molar-refractivity contribution >= 4 is 11.9 Å². The zero-order valence-electron chi connectivity index (χ0n) is 8.35. The summed E-state index contributed by atoms with van der Waals surface area (Å²) in [5, 5.41) is 1.71. The molecule has 0 rings (SSSR count). The molecule has 0 aromatic carbocycles. The van der Waals surface area contributed by atoms with Crippen LogP contribution < -0.4 is 5.32 Å². The van der Waals surface area contributed by atoms with Gasteiger partial charge in [0.1, 0.15) is 0 Å². The molecule has 0 aromatic heterocycles. The topological polar surface area (TPSA) is 55.4 Å². The number of carbonyl (C=O) groups excluding carboxylic acids is 2. The zero-order valence-corrected chi connectivity index (χ0v) is 8.35. The molecule has 1 atom stereocenters. The Balaban J connectivity index is 4.22. The molecule has 0 spiro atoms. The molecule has 0 fully saturated rings. The van der Waals surface area contributed by atoms with Crippen molar-refractivity contribution in [2.45, 2.75) is 32.0 Å². The average Bonchev–Trinajstić information content (AvgIpc) is 2.14. The van der Waals surface area contributed by atoms with E-state index in [1.54, 1.807) is 12.2 Å². The molecule has 0 aromatic rings. The summed E-state index contributed by atoms with van der Waals surface area (Å²) >= 11 is 0. The van der Waals surface area contributed by atoms with Crippen molar-refractivity contribution in [1.29, 1.82) is 0 Å². The van der Waals surface area contributed by atoms with Gasteiger partial charge in [-0.25, -0.2) is 0 Å². The van der Waals surface area contributed by atoms with Crippen LogP contribution in [0.3, 0.4) is 0 Å². The number of halogens is 3. The number of amides is 1. The van der Waals surface area contributed by atoms with E-state index in [4.69, 9.17) is 0 Å². The quantitative estimate of drug-likeness (QED) is 0.729. The fourth-order valence-corrected chi connectivity index (χ4v) is 0.849. The van der Waals surface area contributed by atoms with Crippen molar-refractivity contribution in [1.82, 2.24) is 5.32 Å². The minimum absolute atomic E-state index is 0.219. The number of methoxy groups -OCH3 is 1. The molecule has 0 radical (unpaired) electrons. The maximum Gasteiger partial charge on any atom is 0.471 e. The predicted octanol–water partition coefficient (Wildman–Crippen LogP) is 1.01. The van der Waals surface area contributed by atoms with Gasteiger partial charge in [-0.15, -0.1) is 0 Å². The van der Waals surface area contributed by atoms with E-state index in [0.29, 0.717) is 0 Å². The Kier molecular flexibility index (Phi) is 5.10. The Labute approximate surface area is 84.8 Å². The molecule has 4 nitrogen and oxygen atoms in total. The van der Waals surface area contributed by atoms with Gasteiger partial charge < -0.3 is 10.1 Å². The number of nitrogens with one attached hydrogen (secondary N) is 1. The van der Waals surface area contributed by atoms with Crippen LogP contribution in [0.25, 0.3) is 0 Å². The second-order valence-corrected chi connectivity index (χ2v) is 2.86. The van der Waals surface area contributed by atoms with Crippen LogP contribution in [0.1, 0.15) is 19.8 Å². The molecule has 1 amide bonds. The molecule has 0 heterocycles. The Hall–Kier alpha value is -1.27. The van der Waals surface area contributed by atoms with Crippen molar-refractivity contribution in [2.75, 3.05) is 7.11 Å². The molecule has 1 N–H and O–H groups in total. The maximum absolute atomic E-state index is 11.8. The molecular formula is C8H12F3NO3. The van der Waals surface area contributed by atoms with Crippen LogP contribution in [0.2, 0.25) is 0 Å². The van der Waals surface area contributed by atoms with E-state index in [2.05, 4.69) is 4.74 Å². The van der Waals surface area contributed by atoms with Gasteiger partial charge in [0.15, 0.2) is 0 Å². The van der Waals surface area contributed by atoms with E-state index >= 15 is 0 Å². The molecule has 7 heteroatoms. The van der Waals surface area contributed by atoms with Crippen molar-refractivity contribution in [3.05, 3.63) is 0 Å². The lowest BCUT2D eigenvalue weighted by Crippen LogP contribution is -2.43. The first-order chi connectivity index (χ1) is 6.81. The molecule has 15 heavy (non-hydrogen) atoms. The number of alkyl halides is 3. The summed E-state index contributed by atoms with van der Waals surface area (Å²) in [6, 6.07) is -0.855. The van der Waals surface area contributed by atoms with Crippen LogP contribution in [-0.4, -0.2) is 31.2 Å². The first-order valence-corrected chi connectivity index (χ1v) is 4.25. The van der Waals surface area contributed by atoms with Crippen molar-refractivity contribution in [3.8, 4) is 0 Å². The molecule has 0 aliphatic carbocycles. The summed E-state index contributed by atoms with van der Waals surface area (Å²) in [6.07, 6.45) is -4.98. The largest absolute Gasteiger partial charge is 0.471 e. The predicted molar refractivity (Wildman–Crippen MR) is 44.9 cm³/mol. The third-order valence-corrected chi connectivity index (χ3v) is 1.73. The highest BCUT2D eigenvalue weighted by molar-refractivity contribution is 5.82. The molecule has 0 aliphatic heterocycles. The summed E-state index contributed by atoms with van der Waals surface area (Å²) in [5.41, 5.74) is 0. The lowest BCUT2D eigenvalue weighted by atomic mass is 10.1. The normalized spacial score (nSPS) is 13.1. The van der Waals surface area contributed by atoms with Crippen molar-refractivity contribution < 1.29 is 27.5 Å². The monoisotopic (exact) mass is 227 g/mol. The second-order valence-electron chi connectivity index (χ2n) is 2.86. The van der Waals surface area contributed by atoms with E-state index < -0.39 is 24.1 Å². The first kappa shape index (κ1) is 13.7. The highest BCUT2D eigenvalue weighted by Crippen LogP contribution is 2.15. The Morgan fingerprint density at radius 2 is 1.93 bits per heavy atom. The summed E-state index contributed by atoms with van der Waals surface area (Å²) in [7, 11) is 1.13. The van der Waals surface area contributed by atoms with Gasteiger partial charge >= 0.3 is 18.1 Å².